The Bertz CT molecular complexity index is 1820. The van der Waals surface area contributed by atoms with E-state index in [1.54, 1.807) is 29.1 Å². The Balaban J connectivity index is 1.63. The van der Waals surface area contributed by atoms with Crippen molar-refractivity contribution >= 4 is 57.0 Å². The number of aromatic nitrogens is 2. The smallest absolute Gasteiger partial charge is 0.329 e. The largest absolute Gasteiger partial charge is 0.495 e. The van der Waals surface area contributed by atoms with Crippen LogP contribution in [0.1, 0.15) is 30.7 Å². The summed E-state index contributed by atoms with van der Waals surface area (Å²) in [5.41, 5.74) is 2.37. The normalized spacial score (nSPS) is 11.7. The van der Waals surface area contributed by atoms with Crippen molar-refractivity contribution in [1.82, 2.24) is 19.6 Å². The minimum atomic E-state index is -4.32. The van der Waals surface area contributed by atoms with E-state index in [4.69, 9.17) is 33.0 Å². The Morgan fingerprint density at radius 3 is 2.41 bits per heavy atom. The fourth-order valence-corrected chi connectivity index (χ4v) is 6.78. The SMILES string of the molecule is COc1cc(C(C)(C)c2cnc(SCc3ccc(S(=O)(=O)NC(=O)NCC(=O)O)cc3Cl)n2-c2ccc(F)cc2)ccc1Cl. The van der Waals surface area contributed by atoms with Gasteiger partial charge in [0.2, 0.25) is 0 Å². The fourth-order valence-electron chi connectivity index (χ4n) is 4.24. The van der Waals surface area contributed by atoms with E-state index in [-0.39, 0.29) is 15.7 Å². The molecule has 0 aliphatic heterocycles. The van der Waals surface area contributed by atoms with Crippen molar-refractivity contribution in [3.05, 3.63) is 99.5 Å². The Morgan fingerprint density at radius 1 is 1.07 bits per heavy atom. The van der Waals surface area contributed by atoms with E-state index in [1.165, 1.54) is 49.2 Å². The number of halogens is 3. The highest BCUT2D eigenvalue weighted by atomic mass is 35.5. The van der Waals surface area contributed by atoms with Gasteiger partial charge in [0, 0.05) is 21.9 Å². The number of carbonyl (C=O) groups is 2. The van der Waals surface area contributed by atoms with Crippen molar-refractivity contribution in [1.29, 1.82) is 0 Å². The number of nitrogens with one attached hydrogen (secondary N) is 2. The summed E-state index contributed by atoms with van der Waals surface area (Å²) in [6, 6.07) is 14.3. The number of methoxy groups -OCH3 is 1. The third-order valence-electron chi connectivity index (χ3n) is 6.65. The van der Waals surface area contributed by atoms with Crippen molar-refractivity contribution in [3.8, 4) is 11.4 Å². The number of carboxylic acids is 1. The maximum absolute atomic E-state index is 13.9. The van der Waals surface area contributed by atoms with Crippen LogP contribution in [-0.2, 0) is 26.0 Å². The molecule has 0 fully saturated rings. The van der Waals surface area contributed by atoms with Gasteiger partial charge < -0.3 is 15.2 Å². The van der Waals surface area contributed by atoms with E-state index in [1.807, 2.05) is 35.9 Å². The predicted octanol–water partition coefficient (Wildman–Crippen LogP) is 6.02. The average Bonchev–Trinajstić information content (AvgIpc) is 3.40. The molecule has 0 saturated carbocycles. The van der Waals surface area contributed by atoms with Crippen LogP contribution in [0.5, 0.6) is 5.75 Å². The van der Waals surface area contributed by atoms with Gasteiger partial charge in [-0.3, -0.25) is 9.36 Å². The Kier molecular flexibility index (Phi) is 10.1. The number of nitrogens with zero attached hydrogens (tertiary/aromatic N) is 2. The Hall–Kier alpha value is -3.78. The van der Waals surface area contributed by atoms with E-state index < -0.39 is 34.0 Å². The lowest BCUT2D eigenvalue weighted by atomic mass is 9.81. The first-order valence-electron chi connectivity index (χ1n) is 12.8. The summed E-state index contributed by atoms with van der Waals surface area (Å²) in [6.07, 6.45) is 1.74. The summed E-state index contributed by atoms with van der Waals surface area (Å²) in [4.78, 5) is 26.8. The molecule has 10 nitrogen and oxygen atoms in total. The van der Waals surface area contributed by atoms with Gasteiger partial charge in [0.05, 0.1) is 28.9 Å². The summed E-state index contributed by atoms with van der Waals surface area (Å²) in [5, 5.41) is 11.7. The van der Waals surface area contributed by atoms with Crippen molar-refractivity contribution in [2.24, 2.45) is 0 Å². The van der Waals surface area contributed by atoms with Crippen LogP contribution < -0.4 is 14.8 Å². The van der Waals surface area contributed by atoms with Gasteiger partial charge in [0.15, 0.2) is 5.16 Å². The van der Waals surface area contributed by atoms with Gasteiger partial charge in [-0.25, -0.2) is 27.3 Å². The monoisotopic (exact) mass is 680 g/mol. The highest BCUT2D eigenvalue weighted by Crippen LogP contribution is 2.39. The Labute approximate surface area is 267 Å². The number of hydrogen-bond acceptors (Lipinski definition) is 7. The van der Waals surface area contributed by atoms with Crippen molar-refractivity contribution in [2.45, 2.75) is 35.1 Å². The molecule has 4 rings (SSSR count). The number of sulfonamides is 1. The van der Waals surface area contributed by atoms with Crippen LogP contribution in [-0.4, -0.2) is 48.7 Å². The first-order valence-corrected chi connectivity index (χ1v) is 16.1. The van der Waals surface area contributed by atoms with Crippen LogP contribution in [0.3, 0.4) is 0 Å². The van der Waals surface area contributed by atoms with E-state index in [9.17, 15) is 22.4 Å². The van der Waals surface area contributed by atoms with Gasteiger partial charge in [-0.2, -0.15) is 0 Å². The maximum Gasteiger partial charge on any atom is 0.329 e. The molecule has 15 heteroatoms. The maximum atomic E-state index is 13.9. The number of urea groups is 1. The van der Waals surface area contributed by atoms with Crippen LogP contribution in [0.25, 0.3) is 5.69 Å². The molecule has 232 valence electrons. The first-order chi connectivity index (χ1) is 20.7. The standard InChI is InChI=1S/C29H27Cl2FN4O6S2/c1-29(2,18-5-11-22(30)24(12-18)42-3)25-14-34-28(36(25)20-8-6-19(32)7-9-20)43-16-17-4-10-21(13-23(17)31)44(40,41)35-27(39)33-15-26(37)38/h4-14H,15-16H2,1-3H3,(H,37,38)(H2,33,35,39). The number of ether oxygens (including phenoxy) is 1. The number of rotatable bonds is 11. The zero-order valence-corrected chi connectivity index (χ0v) is 26.7. The summed E-state index contributed by atoms with van der Waals surface area (Å²) >= 11 is 14.0. The molecule has 1 aromatic heterocycles. The predicted molar refractivity (Wildman–Crippen MR) is 166 cm³/mol. The number of benzene rings is 3. The number of imidazole rings is 1. The molecule has 0 aliphatic rings. The van der Waals surface area contributed by atoms with E-state index >= 15 is 0 Å². The molecule has 0 atom stereocenters. The van der Waals surface area contributed by atoms with Gasteiger partial charge in [-0.15, -0.1) is 0 Å². The quantitative estimate of drug-likeness (QED) is 0.164. The van der Waals surface area contributed by atoms with Gasteiger partial charge >= 0.3 is 12.0 Å². The van der Waals surface area contributed by atoms with Crippen LogP contribution >= 0.6 is 35.0 Å². The number of thioether (sulfide) groups is 1. The summed E-state index contributed by atoms with van der Waals surface area (Å²) in [5.74, 6) is -0.903. The lowest BCUT2D eigenvalue weighted by Gasteiger charge is -2.28. The van der Waals surface area contributed by atoms with E-state index in [0.29, 0.717) is 32.9 Å². The molecule has 0 bridgehead atoms. The van der Waals surface area contributed by atoms with Crippen LogP contribution in [0.2, 0.25) is 10.0 Å². The lowest BCUT2D eigenvalue weighted by Crippen LogP contribution is -2.41. The molecule has 4 aromatic rings. The van der Waals surface area contributed by atoms with Gasteiger partial charge in [0.1, 0.15) is 18.1 Å². The van der Waals surface area contributed by atoms with E-state index in [0.717, 1.165) is 11.3 Å². The molecule has 3 aromatic carbocycles. The summed E-state index contributed by atoms with van der Waals surface area (Å²) in [7, 11) is -2.78. The molecule has 0 radical (unpaired) electrons. The number of carboxylic acid groups (broad SMARTS) is 1. The highest BCUT2D eigenvalue weighted by Gasteiger charge is 2.30. The second-order valence-electron chi connectivity index (χ2n) is 9.94. The molecule has 0 unspecified atom stereocenters. The van der Waals surface area contributed by atoms with Crippen molar-refractivity contribution in [3.63, 3.8) is 0 Å². The van der Waals surface area contributed by atoms with Gasteiger partial charge in [-0.1, -0.05) is 60.9 Å². The Morgan fingerprint density at radius 2 is 1.77 bits per heavy atom. The minimum Gasteiger partial charge on any atom is -0.495 e. The zero-order chi connectivity index (χ0) is 32.2. The molecule has 44 heavy (non-hydrogen) atoms. The van der Waals surface area contributed by atoms with Crippen LogP contribution in [0.4, 0.5) is 9.18 Å². The van der Waals surface area contributed by atoms with Crippen molar-refractivity contribution in [2.75, 3.05) is 13.7 Å². The molecule has 1 heterocycles. The molecule has 0 spiro atoms. The molecule has 2 amide bonds. The number of amides is 2. The molecule has 0 aliphatic carbocycles. The molecular formula is C29H27Cl2FN4O6S2. The summed E-state index contributed by atoms with van der Waals surface area (Å²) < 4.78 is 48.1. The number of hydrogen-bond donors (Lipinski definition) is 3. The number of aliphatic carboxylic acids is 1. The second-order valence-corrected chi connectivity index (χ2v) is 13.4. The van der Waals surface area contributed by atoms with Crippen LogP contribution in [0.15, 0.2) is 76.9 Å². The minimum absolute atomic E-state index is 0.125. The molecule has 3 N–H and O–H groups in total. The average molecular weight is 682 g/mol. The van der Waals surface area contributed by atoms with Crippen LogP contribution in [0, 0.1) is 5.82 Å². The molecular weight excluding hydrogens is 654 g/mol. The number of carbonyl (C=O) groups excluding carboxylic acids is 1. The van der Waals surface area contributed by atoms with Gasteiger partial charge in [-0.05, 0) is 59.7 Å². The lowest BCUT2D eigenvalue weighted by molar-refractivity contribution is -0.135. The highest BCUT2D eigenvalue weighted by molar-refractivity contribution is 7.98. The molecule has 0 saturated heterocycles. The topological polar surface area (TPSA) is 140 Å². The van der Waals surface area contributed by atoms with Crippen molar-refractivity contribution < 1.29 is 32.2 Å². The summed E-state index contributed by atoms with van der Waals surface area (Å²) in [6.45, 7) is 3.29. The third-order valence-corrected chi connectivity index (χ3v) is 9.64. The second kappa shape index (κ2) is 13.5. The van der Waals surface area contributed by atoms with Gasteiger partial charge in [0.25, 0.3) is 10.0 Å². The fraction of sp³-hybridized carbons (Fsp3) is 0.207. The third kappa shape index (κ3) is 7.46. The first kappa shape index (κ1) is 33.1. The zero-order valence-electron chi connectivity index (χ0n) is 23.6. The van der Waals surface area contributed by atoms with E-state index in [2.05, 4.69) is 4.98 Å².